The number of aryl methyl sites for hydroxylation is 2. The van der Waals surface area contributed by atoms with Gasteiger partial charge < -0.3 is 0 Å². The van der Waals surface area contributed by atoms with Crippen LogP contribution in [0, 0.1) is 6.92 Å². The minimum atomic E-state index is -0.564. The number of para-hydroxylation sites is 1. The predicted molar refractivity (Wildman–Crippen MR) is 92.4 cm³/mol. The minimum Gasteiger partial charge on any atom is -0.279 e. The van der Waals surface area contributed by atoms with Crippen molar-refractivity contribution in [2.45, 2.75) is 13.8 Å². The van der Waals surface area contributed by atoms with Crippen molar-refractivity contribution in [3.05, 3.63) is 62.6 Å². The topological polar surface area (TPSA) is 105 Å². The number of anilines is 1. The van der Waals surface area contributed by atoms with Gasteiger partial charge in [0.2, 0.25) is 0 Å². The highest BCUT2D eigenvalue weighted by Crippen LogP contribution is 2.10. The molecule has 3 aromatic rings. The molecule has 0 aliphatic rings. The second-order valence-electron chi connectivity index (χ2n) is 5.32. The van der Waals surface area contributed by atoms with Crippen molar-refractivity contribution in [1.82, 2.24) is 19.5 Å². The number of fused-ring (bicyclic) bond motifs is 1. The van der Waals surface area contributed by atoms with Crippen molar-refractivity contribution in [3.8, 4) is 0 Å². The summed E-state index contributed by atoms with van der Waals surface area (Å²) >= 11 is 0. The Morgan fingerprint density at radius 3 is 2.62 bits per heavy atom. The molecule has 3 rings (SSSR count). The number of hydrazone groups is 1. The van der Waals surface area contributed by atoms with E-state index in [0.29, 0.717) is 17.1 Å². The van der Waals surface area contributed by atoms with E-state index in [9.17, 15) is 9.59 Å². The number of hydrogen-bond acceptors (Lipinski definition) is 6. The van der Waals surface area contributed by atoms with Crippen molar-refractivity contribution < 1.29 is 0 Å². The maximum atomic E-state index is 12.0. The zero-order valence-corrected chi connectivity index (χ0v) is 13.5. The summed E-state index contributed by atoms with van der Waals surface area (Å²) in [5.74, 6) is 0. The SMILES string of the molecule is C/C(=N\Nc1ccccc1)c1nc2c(=O)[nH]c(=O)n(C)c2nc1C. The van der Waals surface area contributed by atoms with Crippen molar-refractivity contribution in [2.24, 2.45) is 12.1 Å². The number of H-pyrrole nitrogens is 1. The number of aromatic amines is 1. The van der Waals surface area contributed by atoms with Gasteiger partial charge in [-0.3, -0.25) is 19.8 Å². The zero-order chi connectivity index (χ0) is 17.3. The summed E-state index contributed by atoms with van der Waals surface area (Å²) in [6, 6.07) is 9.48. The third-order valence-corrected chi connectivity index (χ3v) is 3.58. The highest BCUT2D eigenvalue weighted by molar-refractivity contribution is 5.99. The Kier molecular flexibility index (Phi) is 3.95. The Morgan fingerprint density at radius 2 is 1.92 bits per heavy atom. The van der Waals surface area contributed by atoms with Gasteiger partial charge in [0.25, 0.3) is 5.56 Å². The highest BCUT2D eigenvalue weighted by Gasteiger charge is 2.13. The van der Waals surface area contributed by atoms with Gasteiger partial charge in [0, 0.05) is 7.05 Å². The quantitative estimate of drug-likeness (QED) is 0.555. The molecule has 0 saturated heterocycles. The van der Waals surface area contributed by atoms with Gasteiger partial charge in [0.15, 0.2) is 11.2 Å². The number of hydrogen-bond donors (Lipinski definition) is 2. The largest absolute Gasteiger partial charge is 0.329 e. The summed E-state index contributed by atoms with van der Waals surface area (Å²) in [6.45, 7) is 3.53. The highest BCUT2D eigenvalue weighted by atomic mass is 16.2. The van der Waals surface area contributed by atoms with E-state index in [-0.39, 0.29) is 11.2 Å². The first-order valence-electron chi connectivity index (χ1n) is 7.30. The first-order valence-corrected chi connectivity index (χ1v) is 7.30. The van der Waals surface area contributed by atoms with Gasteiger partial charge in [-0.05, 0) is 26.0 Å². The van der Waals surface area contributed by atoms with Crippen LogP contribution in [0.4, 0.5) is 5.69 Å². The molecule has 0 unspecified atom stereocenters. The molecule has 0 amide bonds. The van der Waals surface area contributed by atoms with Crippen LogP contribution in [0.5, 0.6) is 0 Å². The van der Waals surface area contributed by atoms with Crippen LogP contribution in [0.2, 0.25) is 0 Å². The third-order valence-electron chi connectivity index (χ3n) is 3.58. The van der Waals surface area contributed by atoms with Crippen LogP contribution in [0.15, 0.2) is 45.0 Å². The van der Waals surface area contributed by atoms with Gasteiger partial charge in [-0.2, -0.15) is 5.10 Å². The van der Waals surface area contributed by atoms with E-state index in [1.54, 1.807) is 13.8 Å². The molecule has 0 spiro atoms. The zero-order valence-electron chi connectivity index (χ0n) is 13.5. The van der Waals surface area contributed by atoms with Crippen molar-refractivity contribution in [1.29, 1.82) is 0 Å². The second-order valence-corrected chi connectivity index (χ2v) is 5.32. The lowest BCUT2D eigenvalue weighted by atomic mass is 10.2. The first-order chi connectivity index (χ1) is 11.5. The van der Waals surface area contributed by atoms with E-state index in [1.165, 1.54) is 11.6 Å². The molecular weight excluding hydrogens is 308 g/mol. The van der Waals surface area contributed by atoms with E-state index in [2.05, 4.69) is 25.5 Å². The van der Waals surface area contributed by atoms with E-state index in [1.807, 2.05) is 30.3 Å². The molecule has 0 saturated carbocycles. The monoisotopic (exact) mass is 324 g/mol. The third kappa shape index (κ3) is 2.81. The summed E-state index contributed by atoms with van der Waals surface area (Å²) < 4.78 is 1.26. The van der Waals surface area contributed by atoms with Gasteiger partial charge in [0.05, 0.1) is 17.1 Å². The number of benzene rings is 1. The number of rotatable bonds is 3. The fraction of sp³-hybridized carbons (Fsp3) is 0.188. The molecular formula is C16H16N6O2. The molecule has 122 valence electrons. The van der Waals surface area contributed by atoms with Crippen LogP contribution in [-0.2, 0) is 7.05 Å². The molecule has 8 heteroatoms. The summed E-state index contributed by atoms with van der Waals surface area (Å²) in [6.07, 6.45) is 0. The number of nitrogens with zero attached hydrogens (tertiary/aromatic N) is 4. The Hall–Kier alpha value is -3.29. The van der Waals surface area contributed by atoms with Gasteiger partial charge in [0.1, 0.15) is 5.69 Å². The average Bonchev–Trinajstić information content (AvgIpc) is 2.58. The van der Waals surface area contributed by atoms with E-state index in [4.69, 9.17) is 0 Å². The molecule has 0 aliphatic carbocycles. The van der Waals surface area contributed by atoms with Crippen LogP contribution >= 0.6 is 0 Å². The minimum absolute atomic E-state index is 0.104. The smallest absolute Gasteiger partial charge is 0.279 e. The summed E-state index contributed by atoms with van der Waals surface area (Å²) in [5.41, 5.74) is 4.69. The van der Waals surface area contributed by atoms with E-state index >= 15 is 0 Å². The Labute approximate surface area is 136 Å². The molecule has 0 radical (unpaired) electrons. The molecule has 0 atom stereocenters. The molecule has 2 heterocycles. The lowest BCUT2D eigenvalue weighted by Gasteiger charge is -2.08. The van der Waals surface area contributed by atoms with Crippen LogP contribution in [0.3, 0.4) is 0 Å². The van der Waals surface area contributed by atoms with Crippen LogP contribution in [0.25, 0.3) is 11.2 Å². The van der Waals surface area contributed by atoms with Crippen molar-refractivity contribution in [2.75, 3.05) is 5.43 Å². The van der Waals surface area contributed by atoms with Crippen molar-refractivity contribution >= 4 is 22.6 Å². The van der Waals surface area contributed by atoms with Crippen molar-refractivity contribution in [3.63, 3.8) is 0 Å². The van der Waals surface area contributed by atoms with Gasteiger partial charge >= 0.3 is 5.69 Å². The summed E-state index contributed by atoms with van der Waals surface area (Å²) in [5, 5.41) is 4.29. The molecule has 2 aromatic heterocycles. The van der Waals surface area contributed by atoms with E-state index < -0.39 is 11.2 Å². The van der Waals surface area contributed by atoms with Crippen LogP contribution in [-0.4, -0.2) is 25.2 Å². The van der Waals surface area contributed by atoms with Crippen LogP contribution < -0.4 is 16.7 Å². The molecule has 0 aliphatic heterocycles. The molecule has 0 bridgehead atoms. The molecule has 1 aromatic carbocycles. The number of aromatic nitrogens is 4. The summed E-state index contributed by atoms with van der Waals surface area (Å²) in [4.78, 5) is 34.6. The van der Waals surface area contributed by atoms with E-state index in [0.717, 1.165) is 5.69 Å². The van der Waals surface area contributed by atoms with Gasteiger partial charge in [-0.25, -0.2) is 14.8 Å². The lowest BCUT2D eigenvalue weighted by Crippen LogP contribution is -2.30. The predicted octanol–water partition coefficient (Wildman–Crippen LogP) is 1.16. The normalized spacial score (nSPS) is 11.7. The summed E-state index contributed by atoms with van der Waals surface area (Å²) in [7, 11) is 1.53. The van der Waals surface area contributed by atoms with Gasteiger partial charge in [-0.1, -0.05) is 18.2 Å². The second kappa shape index (κ2) is 6.07. The maximum absolute atomic E-state index is 12.0. The fourth-order valence-corrected chi connectivity index (χ4v) is 2.29. The Morgan fingerprint density at radius 1 is 1.21 bits per heavy atom. The number of nitrogens with one attached hydrogen (secondary N) is 2. The lowest BCUT2D eigenvalue weighted by molar-refractivity contribution is 0.820. The maximum Gasteiger partial charge on any atom is 0.329 e. The van der Waals surface area contributed by atoms with Gasteiger partial charge in [-0.15, -0.1) is 0 Å². The molecule has 2 N–H and O–H groups in total. The molecule has 8 nitrogen and oxygen atoms in total. The standard InChI is InChI=1S/C16H16N6O2/c1-9-12(10(2)20-21-11-7-5-4-6-8-11)18-13-14(17-9)22(3)16(24)19-15(13)23/h4-8,21H,1-3H3,(H,19,23,24)/b20-10+. The fourth-order valence-electron chi connectivity index (χ4n) is 2.29. The Bertz CT molecular complexity index is 1050. The average molecular weight is 324 g/mol. The Balaban J connectivity index is 2.08. The van der Waals surface area contributed by atoms with Crippen LogP contribution in [0.1, 0.15) is 18.3 Å². The molecule has 24 heavy (non-hydrogen) atoms. The first kappa shape index (κ1) is 15.6. The molecule has 0 fully saturated rings.